The summed E-state index contributed by atoms with van der Waals surface area (Å²) >= 11 is 3.53. The first-order chi connectivity index (χ1) is 11.1. The fourth-order valence-electron chi connectivity index (χ4n) is 2.50. The second-order valence-electron chi connectivity index (χ2n) is 5.62. The molecule has 0 spiro atoms. The molecule has 2 rings (SSSR count). The molecule has 0 saturated carbocycles. The van der Waals surface area contributed by atoms with E-state index in [0.717, 1.165) is 35.4 Å². The normalized spacial score (nSPS) is 12.0. The van der Waals surface area contributed by atoms with Gasteiger partial charge in [0.15, 0.2) is 11.5 Å². The van der Waals surface area contributed by atoms with Crippen LogP contribution in [-0.2, 0) is 13.0 Å². The molecule has 0 amide bonds. The Morgan fingerprint density at radius 1 is 1.04 bits per heavy atom. The molecule has 0 heterocycles. The minimum atomic E-state index is 0.446. The van der Waals surface area contributed by atoms with Gasteiger partial charge in [-0.15, -0.1) is 0 Å². The number of aryl methyl sites for hydroxylation is 1. The summed E-state index contributed by atoms with van der Waals surface area (Å²) in [7, 11) is 3.30. The third-order valence-corrected chi connectivity index (χ3v) is 4.45. The standard InChI is InChI=1S/C19H24BrNO2/c1-14(9-10-15-7-5-4-6-8-15)21-13-16-11-17(20)19(23-3)18(12-16)22-2/h4-8,11-12,14,21H,9-10,13H2,1-3H3/t14-/m0/s1. The second-order valence-corrected chi connectivity index (χ2v) is 6.47. The van der Waals surface area contributed by atoms with E-state index in [1.165, 1.54) is 11.1 Å². The zero-order valence-electron chi connectivity index (χ0n) is 13.9. The van der Waals surface area contributed by atoms with Crippen molar-refractivity contribution in [2.75, 3.05) is 14.2 Å². The lowest BCUT2D eigenvalue weighted by molar-refractivity contribution is 0.352. The van der Waals surface area contributed by atoms with Gasteiger partial charge in [0, 0.05) is 12.6 Å². The summed E-state index contributed by atoms with van der Waals surface area (Å²) < 4.78 is 11.6. The monoisotopic (exact) mass is 377 g/mol. The maximum absolute atomic E-state index is 5.39. The summed E-state index contributed by atoms with van der Waals surface area (Å²) in [5, 5.41) is 3.57. The number of halogens is 1. The van der Waals surface area contributed by atoms with E-state index < -0.39 is 0 Å². The van der Waals surface area contributed by atoms with Gasteiger partial charge in [0.05, 0.1) is 18.7 Å². The van der Waals surface area contributed by atoms with Crippen molar-refractivity contribution in [3.8, 4) is 11.5 Å². The molecule has 3 nitrogen and oxygen atoms in total. The number of nitrogens with one attached hydrogen (secondary N) is 1. The summed E-state index contributed by atoms with van der Waals surface area (Å²) in [6.07, 6.45) is 2.20. The second kappa shape index (κ2) is 8.94. The maximum atomic E-state index is 5.39. The van der Waals surface area contributed by atoms with Crippen LogP contribution in [0.4, 0.5) is 0 Å². The van der Waals surface area contributed by atoms with Gasteiger partial charge in [-0.1, -0.05) is 30.3 Å². The highest BCUT2D eigenvalue weighted by Crippen LogP contribution is 2.36. The number of ether oxygens (including phenoxy) is 2. The molecule has 0 unspecified atom stereocenters. The zero-order chi connectivity index (χ0) is 16.7. The van der Waals surface area contributed by atoms with Crippen LogP contribution in [0.15, 0.2) is 46.9 Å². The smallest absolute Gasteiger partial charge is 0.174 e. The number of hydrogen-bond acceptors (Lipinski definition) is 3. The first kappa shape index (κ1) is 17.8. The van der Waals surface area contributed by atoms with E-state index in [1.807, 2.05) is 6.07 Å². The lowest BCUT2D eigenvalue weighted by Crippen LogP contribution is -2.26. The lowest BCUT2D eigenvalue weighted by Gasteiger charge is -2.16. The number of methoxy groups -OCH3 is 2. The van der Waals surface area contributed by atoms with Crippen molar-refractivity contribution < 1.29 is 9.47 Å². The van der Waals surface area contributed by atoms with Gasteiger partial charge in [0.25, 0.3) is 0 Å². The average Bonchev–Trinajstić information content (AvgIpc) is 2.58. The van der Waals surface area contributed by atoms with Crippen LogP contribution >= 0.6 is 15.9 Å². The SMILES string of the molecule is COc1cc(CN[C@@H](C)CCc2ccccc2)cc(Br)c1OC. The Labute approximate surface area is 147 Å². The Morgan fingerprint density at radius 3 is 2.43 bits per heavy atom. The predicted molar refractivity (Wildman–Crippen MR) is 98.3 cm³/mol. The molecule has 0 aliphatic carbocycles. The van der Waals surface area contributed by atoms with E-state index in [-0.39, 0.29) is 0 Å². The molecule has 0 aromatic heterocycles. The summed E-state index contributed by atoms with van der Waals surface area (Å²) in [4.78, 5) is 0. The quantitative estimate of drug-likeness (QED) is 0.730. The summed E-state index contributed by atoms with van der Waals surface area (Å²) in [5.74, 6) is 1.48. The van der Waals surface area contributed by atoms with Crippen molar-refractivity contribution in [3.63, 3.8) is 0 Å². The van der Waals surface area contributed by atoms with Gasteiger partial charge in [-0.2, -0.15) is 0 Å². The Bertz CT molecular complexity index is 616. The molecule has 1 N–H and O–H groups in total. The van der Waals surface area contributed by atoms with Gasteiger partial charge in [0.1, 0.15) is 0 Å². The molecule has 1 atom stereocenters. The topological polar surface area (TPSA) is 30.5 Å². The van der Waals surface area contributed by atoms with Crippen LogP contribution in [0.2, 0.25) is 0 Å². The molecular formula is C19H24BrNO2. The highest BCUT2D eigenvalue weighted by molar-refractivity contribution is 9.10. The Morgan fingerprint density at radius 2 is 1.78 bits per heavy atom. The molecule has 0 saturated heterocycles. The third-order valence-electron chi connectivity index (χ3n) is 3.86. The van der Waals surface area contributed by atoms with Crippen molar-refractivity contribution in [2.45, 2.75) is 32.4 Å². The maximum Gasteiger partial charge on any atom is 0.174 e. The van der Waals surface area contributed by atoms with Crippen LogP contribution in [0.1, 0.15) is 24.5 Å². The van der Waals surface area contributed by atoms with E-state index >= 15 is 0 Å². The van der Waals surface area contributed by atoms with E-state index in [4.69, 9.17) is 9.47 Å². The first-order valence-corrected chi connectivity index (χ1v) is 8.61. The van der Waals surface area contributed by atoms with Crippen molar-refractivity contribution in [1.82, 2.24) is 5.32 Å². The highest BCUT2D eigenvalue weighted by Gasteiger charge is 2.11. The molecule has 0 aliphatic heterocycles. The molecular weight excluding hydrogens is 354 g/mol. The molecule has 0 radical (unpaired) electrons. The van der Waals surface area contributed by atoms with Crippen LogP contribution in [0.3, 0.4) is 0 Å². The third kappa shape index (κ3) is 5.26. The van der Waals surface area contributed by atoms with E-state index in [0.29, 0.717) is 6.04 Å². The molecule has 124 valence electrons. The van der Waals surface area contributed by atoms with Gasteiger partial charge in [0.2, 0.25) is 0 Å². The minimum Gasteiger partial charge on any atom is -0.493 e. The van der Waals surface area contributed by atoms with Gasteiger partial charge < -0.3 is 14.8 Å². The van der Waals surface area contributed by atoms with Gasteiger partial charge in [-0.3, -0.25) is 0 Å². The number of benzene rings is 2. The van der Waals surface area contributed by atoms with Crippen molar-refractivity contribution >= 4 is 15.9 Å². The van der Waals surface area contributed by atoms with E-state index in [1.54, 1.807) is 14.2 Å². The number of rotatable bonds is 8. The highest BCUT2D eigenvalue weighted by atomic mass is 79.9. The van der Waals surface area contributed by atoms with E-state index in [2.05, 4.69) is 64.6 Å². The van der Waals surface area contributed by atoms with Gasteiger partial charge in [-0.05, 0) is 59.0 Å². The molecule has 0 fully saturated rings. The fraction of sp³-hybridized carbons (Fsp3) is 0.368. The average molecular weight is 378 g/mol. The van der Waals surface area contributed by atoms with Crippen molar-refractivity contribution in [3.05, 3.63) is 58.1 Å². The molecule has 0 aliphatic rings. The van der Waals surface area contributed by atoms with Crippen LogP contribution < -0.4 is 14.8 Å². The summed E-state index contributed by atoms with van der Waals surface area (Å²) in [5.41, 5.74) is 2.55. The number of hydrogen-bond donors (Lipinski definition) is 1. The fourth-order valence-corrected chi connectivity index (χ4v) is 3.15. The minimum absolute atomic E-state index is 0.446. The molecule has 0 bridgehead atoms. The van der Waals surface area contributed by atoms with Crippen molar-refractivity contribution in [1.29, 1.82) is 0 Å². The van der Waals surface area contributed by atoms with Gasteiger partial charge >= 0.3 is 0 Å². The molecule has 23 heavy (non-hydrogen) atoms. The van der Waals surface area contributed by atoms with Crippen molar-refractivity contribution in [2.24, 2.45) is 0 Å². The van der Waals surface area contributed by atoms with Gasteiger partial charge in [-0.25, -0.2) is 0 Å². The first-order valence-electron chi connectivity index (χ1n) is 7.81. The zero-order valence-corrected chi connectivity index (χ0v) is 15.5. The predicted octanol–water partition coefficient (Wildman–Crippen LogP) is 4.58. The molecule has 2 aromatic carbocycles. The Hall–Kier alpha value is -1.52. The van der Waals surface area contributed by atoms with Crippen LogP contribution in [0.25, 0.3) is 0 Å². The summed E-state index contributed by atoms with van der Waals surface area (Å²) in [6.45, 7) is 3.02. The molecule has 4 heteroatoms. The van der Waals surface area contributed by atoms with Crippen LogP contribution in [0, 0.1) is 0 Å². The largest absolute Gasteiger partial charge is 0.493 e. The lowest BCUT2D eigenvalue weighted by atomic mass is 10.1. The molecule has 2 aromatic rings. The Balaban J connectivity index is 1.89. The van der Waals surface area contributed by atoms with Crippen LogP contribution in [0.5, 0.6) is 11.5 Å². The summed E-state index contributed by atoms with van der Waals surface area (Å²) in [6, 6.07) is 15.1. The van der Waals surface area contributed by atoms with E-state index in [9.17, 15) is 0 Å². The van der Waals surface area contributed by atoms with Crippen LogP contribution in [-0.4, -0.2) is 20.3 Å². The Kier molecular flexibility index (Phi) is 6.93.